The standard InChI is InChI=1S/C22H28N2O3/c1-17-4-5-18(2)21(14-17)27-16-22(25)23(3)15-19-6-8-20(9-7-19)24-10-12-26-13-11-24/h4-9,14H,10-13,15-16H2,1-3H3. The van der Waals surface area contributed by atoms with Crippen LogP contribution in [0.1, 0.15) is 16.7 Å². The van der Waals surface area contributed by atoms with E-state index in [1.54, 1.807) is 4.90 Å². The smallest absolute Gasteiger partial charge is 0.260 e. The van der Waals surface area contributed by atoms with Crippen molar-refractivity contribution in [3.63, 3.8) is 0 Å². The monoisotopic (exact) mass is 368 g/mol. The number of hydrogen-bond donors (Lipinski definition) is 0. The molecule has 0 bridgehead atoms. The number of rotatable bonds is 6. The van der Waals surface area contributed by atoms with Gasteiger partial charge in [0.2, 0.25) is 0 Å². The van der Waals surface area contributed by atoms with Crippen LogP contribution in [-0.2, 0) is 16.1 Å². The summed E-state index contributed by atoms with van der Waals surface area (Å²) in [5, 5.41) is 0. The summed E-state index contributed by atoms with van der Waals surface area (Å²) < 4.78 is 11.1. The van der Waals surface area contributed by atoms with Crippen LogP contribution in [0, 0.1) is 13.8 Å². The van der Waals surface area contributed by atoms with Crippen LogP contribution >= 0.6 is 0 Å². The van der Waals surface area contributed by atoms with Crippen molar-refractivity contribution in [2.24, 2.45) is 0 Å². The lowest BCUT2D eigenvalue weighted by Crippen LogP contribution is -2.36. The zero-order valence-electron chi connectivity index (χ0n) is 16.4. The molecule has 0 saturated carbocycles. The summed E-state index contributed by atoms with van der Waals surface area (Å²) in [7, 11) is 1.81. The Kier molecular flexibility index (Phi) is 6.35. The number of morpholine rings is 1. The molecule has 1 aliphatic rings. The van der Waals surface area contributed by atoms with Gasteiger partial charge in [0.05, 0.1) is 13.2 Å². The first-order valence-electron chi connectivity index (χ1n) is 9.38. The lowest BCUT2D eigenvalue weighted by Gasteiger charge is -2.29. The van der Waals surface area contributed by atoms with Gasteiger partial charge in [0.25, 0.3) is 5.91 Å². The summed E-state index contributed by atoms with van der Waals surface area (Å²) in [6.07, 6.45) is 0. The Labute approximate surface area is 161 Å². The molecule has 0 radical (unpaired) electrons. The Morgan fingerprint density at radius 1 is 1.11 bits per heavy atom. The molecule has 0 spiro atoms. The topological polar surface area (TPSA) is 42.0 Å². The molecule has 1 heterocycles. The van der Waals surface area contributed by atoms with Crippen molar-refractivity contribution in [2.75, 3.05) is 44.9 Å². The molecule has 1 fully saturated rings. The first kappa shape index (κ1) is 19.2. The predicted octanol–water partition coefficient (Wildman–Crippen LogP) is 3.18. The van der Waals surface area contributed by atoms with E-state index in [4.69, 9.17) is 9.47 Å². The number of nitrogens with zero attached hydrogens (tertiary/aromatic N) is 2. The summed E-state index contributed by atoms with van der Waals surface area (Å²) in [6.45, 7) is 8.02. The lowest BCUT2D eigenvalue weighted by atomic mass is 10.1. The van der Waals surface area contributed by atoms with Crippen molar-refractivity contribution in [1.29, 1.82) is 0 Å². The fourth-order valence-electron chi connectivity index (χ4n) is 3.11. The van der Waals surface area contributed by atoms with Crippen molar-refractivity contribution in [1.82, 2.24) is 4.90 Å². The van der Waals surface area contributed by atoms with Crippen LogP contribution in [0.3, 0.4) is 0 Å². The van der Waals surface area contributed by atoms with E-state index in [9.17, 15) is 4.79 Å². The van der Waals surface area contributed by atoms with E-state index in [2.05, 4.69) is 29.2 Å². The highest BCUT2D eigenvalue weighted by molar-refractivity contribution is 5.77. The molecule has 2 aromatic rings. The summed E-state index contributed by atoms with van der Waals surface area (Å²) in [5.74, 6) is 0.736. The summed E-state index contributed by atoms with van der Waals surface area (Å²) in [5.41, 5.74) is 4.47. The second kappa shape index (κ2) is 8.91. The molecular weight excluding hydrogens is 340 g/mol. The Morgan fingerprint density at radius 2 is 1.81 bits per heavy atom. The number of hydrogen-bond acceptors (Lipinski definition) is 4. The number of ether oxygens (including phenoxy) is 2. The van der Waals surface area contributed by atoms with Crippen molar-refractivity contribution < 1.29 is 14.3 Å². The molecule has 0 atom stereocenters. The van der Waals surface area contributed by atoms with E-state index in [1.807, 2.05) is 39.1 Å². The van der Waals surface area contributed by atoms with Crippen molar-refractivity contribution in [2.45, 2.75) is 20.4 Å². The maximum Gasteiger partial charge on any atom is 0.260 e. The Bertz CT molecular complexity index is 768. The highest BCUT2D eigenvalue weighted by Crippen LogP contribution is 2.20. The van der Waals surface area contributed by atoms with Crippen LogP contribution in [0.25, 0.3) is 0 Å². The van der Waals surface area contributed by atoms with E-state index in [-0.39, 0.29) is 12.5 Å². The number of carbonyl (C=O) groups excluding carboxylic acids is 1. The molecule has 2 aromatic carbocycles. The molecule has 0 N–H and O–H groups in total. The largest absolute Gasteiger partial charge is 0.483 e. The van der Waals surface area contributed by atoms with E-state index >= 15 is 0 Å². The number of likely N-dealkylation sites (N-methyl/N-ethyl adjacent to an activating group) is 1. The molecule has 0 aliphatic carbocycles. The molecular formula is C22H28N2O3. The number of carbonyl (C=O) groups is 1. The third kappa shape index (κ3) is 5.23. The van der Waals surface area contributed by atoms with Gasteiger partial charge in [-0.3, -0.25) is 4.79 Å². The van der Waals surface area contributed by atoms with Crippen LogP contribution in [-0.4, -0.2) is 50.8 Å². The molecule has 27 heavy (non-hydrogen) atoms. The minimum absolute atomic E-state index is 0.0341. The molecule has 5 heteroatoms. The molecule has 1 saturated heterocycles. The molecule has 1 aliphatic heterocycles. The minimum atomic E-state index is -0.0341. The van der Waals surface area contributed by atoms with Crippen LogP contribution in [0.2, 0.25) is 0 Å². The fraction of sp³-hybridized carbons (Fsp3) is 0.409. The van der Waals surface area contributed by atoms with Gasteiger partial charge in [-0.2, -0.15) is 0 Å². The van der Waals surface area contributed by atoms with Gasteiger partial charge in [0.15, 0.2) is 6.61 Å². The van der Waals surface area contributed by atoms with Crippen LogP contribution < -0.4 is 9.64 Å². The van der Waals surface area contributed by atoms with E-state index in [0.717, 1.165) is 48.7 Å². The summed E-state index contributed by atoms with van der Waals surface area (Å²) >= 11 is 0. The normalized spacial score (nSPS) is 14.1. The zero-order valence-corrected chi connectivity index (χ0v) is 16.4. The second-order valence-electron chi connectivity index (χ2n) is 7.07. The Hall–Kier alpha value is -2.53. The Balaban J connectivity index is 1.52. The molecule has 3 rings (SSSR count). The SMILES string of the molecule is Cc1ccc(C)c(OCC(=O)N(C)Cc2ccc(N3CCOCC3)cc2)c1. The van der Waals surface area contributed by atoms with Gasteiger partial charge >= 0.3 is 0 Å². The van der Waals surface area contributed by atoms with Gasteiger partial charge in [-0.1, -0.05) is 24.3 Å². The second-order valence-corrected chi connectivity index (χ2v) is 7.07. The van der Waals surface area contributed by atoms with Crippen molar-refractivity contribution in [3.8, 4) is 5.75 Å². The quantitative estimate of drug-likeness (QED) is 0.785. The van der Waals surface area contributed by atoms with Gasteiger partial charge in [0, 0.05) is 32.4 Å². The van der Waals surface area contributed by atoms with E-state index < -0.39 is 0 Å². The van der Waals surface area contributed by atoms with Gasteiger partial charge < -0.3 is 19.3 Å². The van der Waals surface area contributed by atoms with E-state index in [1.165, 1.54) is 5.69 Å². The van der Waals surface area contributed by atoms with Crippen LogP contribution in [0.15, 0.2) is 42.5 Å². The van der Waals surface area contributed by atoms with Gasteiger partial charge in [-0.05, 0) is 48.7 Å². The van der Waals surface area contributed by atoms with Gasteiger partial charge in [-0.25, -0.2) is 0 Å². The third-order valence-corrected chi connectivity index (χ3v) is 4.85. The van der Waals surface area contributed by atoms with Crippen molar-refractivity contribution >= 4 is 11.6 Å². The molecule has 5 nitrogen and oxygen atoms in total. The average Bonchev–Trinajstić information content (AvgIpc) is 2.69. The number of amides is 1. The molecule has 0 aromatic heterocycles. The maximum absolute atomic E-state index is 12.4. The molecule has 0 unspecified atom stereocenters. The number of benzene rings is 2. The first-order chi connectivity index (χ1) is 13.0. The highest BCUT2D eigenvalue weighted by Gasteiger charge is 2.13. The maximum atomic E-state index is 12.4. The van der Waals surface area contributed by atoms with Gasteiger partial charge in [0.1, 0.15) is 5.75 Å². The van der Waals surface area contributed by atoms with E-state index in [0.29, 0.717) is 6.54 Å². The summed E-state index contributed by atoms with van der Waals surface area (Å²) in [6, 6.07) is 14.4. The van der Waals surface area contributed by atoms with Crippen molar-refractivity contribution in [3.05, 3.63) is 59.2 Å². The Morgan fingerprint density at radius 3 is 2.52 bits per heavy atom. The fourth-order valence-corrected chi connectivity index (χ4v) is 3.11. The zero-order chi connectivity index (χ0) is 19.2. The molecule has 1 amide bonds. The van der Waals surface area contributed by atoms with Gasteiger partial charge in [-0.15, -0.1) is 0 Å². The van der Waals surface area contributed by atoms with Crippen LogP contribution in [0.5, 0.6) is 5.75 Å². The average molecular weight is 368 g/mol. The minimum Gasteiger partial charge on any atom is -0.483 e. The number of aryl methyl sites for hydroxylation is 2. The lowest BCUT2D eigenvalue weighted by molar-refractivity contribution is -0.132. The third-order valence-electron chi connectivity index (χ3n) is 4.85. The first-order valence-corrected chi connectivity index (χ1v) is 9.38. The molecule has 144 valence electrons. The summed E-state index contributed by atoms with van der Waals surface area (Å²) in [4.78, 5) is 16.4. The highest BCUT2D eigenvalue weighted by atomic mass is 16.5. The van der Waals surface area contributed by atoms with Crippen LogP contribution in [0.4, 0.5) is 5.69 Å². The predicted molar refractivity (Wildman–Crippen MR) is 107 cm³/mol. The number of anilines is 1.